The van der Waals surface area contributed by atoms with Gasteiger partial charge in [-0.25, -0.2) is 4.79 Å². The van der Waals surface area contributed by atoms with Crippen LogP contribution in [0.15, 0.2) is 0 Å². The fourth-order valence-electron chi connectivity index (χ4n) is 4.48. The minimum Gasteiger partial charge on any atom is -0.433 e. The van der Waals surface area contributed by atoms with Gasteiger partial charge in [0.15, 0.2) is 0 Å². The van der Waals surface area contributed by atoms with Crippen molar-refractivity contribution in [2.75, 3.05) is 0 Å². The maximum Gasteiger partial charge on any atom is 0.496 e. The molecule has 2 rings (SSSR count). The van der Waals surface area contributed by atoms with E-state index < -0.39 is 11.8 Å². The summed E-state index contributed by atoms with van der Waals surface area (Å²) in [6, 6.07) is 0. The van der Waals surface area contributed by atoms with Crippen LogP contribution in [0.4, 0.5) is 9.18 Å². The Kier molecular flexibility index (Phi) is 3.46. The van der Waals surface area contributed by atoms with Crippen molar-refractivity contribution in [3.05, 3.63) is 0 Å². The summed E-state index contributed by atoms with van der Waals surface area (Å²) in [5.74, 6) is 1.56. The number of fused-ring (bicyclic) bond motifs is 2. The van der Waals surface area contributed by atoms with Crippen molar-refractivity contribution in [3.63, 3.8) is 0 Å². The van der Waals surface area contributed by atoms with Gasteiger partial charge in [0.25, 0.3) is 0 Å². The molecule has 0 heterocycles. The third-order valence-corrected chi connectivity index (χ3v) is 5.04. The van der Waals surface area contributed by atoms with E-state index in [1.54, 1.807) is 0 Å². The van der Waals surface area contributed by atoms with Gasteiger partial charge in [-0.2, -0.15) is 0 Å². The zero-order chi connectivity index (χ0) is 12.6. The van der Waals surface area contributed by atoms with E-state index in [2.05, 4.69) is 6.92 Å². The molecule has 0 aromatic carbocycles. The average Bonchev–Trinajstić information content (AvgIpc) is 2.23. The summed E-state index contributed by atoms with van der Waals surface area (Å²) in [5.41, 5.74) is -0.567. The SMILES string of the molecule is CC(C)C1(OC(=O)F)C(C)CC2CCCC1C2. The highest BCUT2D eigenvalue weighted by Gasteiger charge is 2.54. The fourth-order valence-corrected chi connectivity index (χ4v) is 4.48. The highest BCUT2D eigenvalue weighted by molar-refractivity contribution is 5.59. The molecule has 17 heavy (non-hydrogen) atoms. The van der Waals surface area contributed by atoms with Crippen molar-refractivity contribution in [2.45, 2.75) is 58.5 Å². The summed E-state index contributed by atoms with van der Waals surface area (Å²) < 4.78 is 18.1. The standard InChI is InChI=1S/C14H23FO2/c1-9(2)14(17-13(15)16)10(3)7-11-5-4-6-12(14)8-11/h9-12H,4-8H2,1-3H3. The molecule has 0 radical (unpaired) electrons. The van der Waals surface area contributed by atoms with Crippen molar-refractivity contribution in [2.24, 2.45) is 23.7 Å². The maximum atomic E-state index is 12.8. The molecular formula is C14H23FO2. The maximum absolute atomic E-state index is 12.8. The summed E-state index contributed by atoms with van der Waals surface area (Å²) in [6.45, 7) is 6.22. The first-order valence-electron chi connectivity index (χ1n) is 6.85. The molecule has 2 bridgehead atoms. The summed E-state index contributed by atoms with van der Waals surface area (Å²) in [5, 5.41) is 0. The van der Waals surface area contributed by atoms with Gasteiger partial charge >= 0.3 is 6.22 Å². The zero-order valence-corrected chi connectivity index (χ0v) is 11.0. The number of hydrogen-bond donors (Lipinski definition) is 0. The Morgan fingerprint density at radius 2 is 2.06 bits per heavy atom. The third kappa shape index (κ3) is 2.09. The monoisotopic (exact) mass is 242 g/mol. The highest BCUT2D eigenvalue weighted by Crippen LogP contribution is 2.53. The molecule has 0 amide bonds. The lowest BCUT2D eigenvalue weighted by atomic mass is 9.56. The molecule has 2 aliphatic carbocycles. The summed E-state index contributed by atoms with van der Waals surface area (Å²) in [4.78, 5) is 10.8. The zero-order valence-electron chi connectivity index (χ0n) is 11.0. The van der Waals surface area contributed by atoms with Crippen molar-refractivity contribution >= 4 is 6.22 Å². The number of hydrogen-bond acceptors (Lipinski definition) is 2. The fraction of sp³-hybridized carbons (Fsp3) is 0.929. The molecule has 2 saturated carbocycles. The van der Waals surface area contributed by atoms with Crippen molar-refractivity contribution in [1.82, 2.24) is 0 Å². The predicted octanol–water partition coefficient (Wildman–Crippen LogP) is 4.33. The van der Waals surface area contributed by atoms with Crippen LogP contribution < -0.4 is 0 Å². The van der Waals surface area contributed by atoms with Gasteiger partial charge in [0.1, 0.15) is 5.60 Å². The van der Waals surface area contributed by atoms with Crippen LogP contribution in [0.5, 0.6) is 0 Å². The van der Waals surface area contributed by atoms with Crippen LogP contribution in [0.2, 0.25) is 0 Å². The molecule has 4 atom stereocenters. The number of rotatable bonds is 2. The van der Waals surface area contributed by atoms with Gasteiger partial charge in [-0.1, -0.05) is 33.6 Å². The minimum absolute atomic E-state index is 0.182. The molecule has 4 unspecified atom stereocenters. The molecule has 2 nitrogen and oxygen atoms in total. The molecule has 3 heteroatoms. The Balaban J connectivity index is 2.30. The van der Waals surface area contributed by atoms with E-state index in [4.69, 9.17) is 4.74 Å². The molecule has 2 fully saturated rings. The second kappa shape index (κ2) is 4.58. The third-order valence-electron chi connectivity index (χ3n) is 5.04. The smallest absolute Gasteiger partial charge is 0.433 e. The topological polar surface area (TPSA) is 26.3 Å². The first-order chi connectivity index (χ1) is 7.96. The van der Waals surface area contributed by atoms with E-state index >= 15 is 0 Å². The van der Waals surface area contributed by atoms with E-state index in [1.807, 2.05) is 13.8 Å². The van der Waals surface area contributed by atoms with Crippen LogP contribution in [-0.2, 0) is 4.74 Å². The summed E-state index contributed by atoms with van der Waals surface area (Å²) in [6.07, 6.45) is 4.14. The number of carbonyl (C=O) groups excluding carboxylic acids is 1. The van der Waals surface area contributed by atoms with Crippen molar-refractivity contribution in [1.29, 1.82) is 0 Å². The van der Waals surface area contributed by atoms with Crippen molar-refractivity contribution in [3.8, 4) is 0 Å². The molecule has 0 aliphatic heterocycles. The van der Waals surface area contributed by atoms with Gasteiger partial charge < -0.3 is 4.74 Å². The molecule has 0 saturated heterocycles. The molecule has 0 aromatic rings. The van der Waals surface area contributed by atoms with Gasteiger partial charge in [-0.15, -0.1) is 4.39 Å². The van der Waals surface area contributed by atoms with Crippen LogP contribution in [0.1, 0.15) is 52.9 Å². The Labute approximate surface area is 103 Å². The molecule has 0 aromatic heterocycles. The summed E-state index contributed by atoms with van der Waals surface area (Å²) >= 11 is 0. The number of ether oxygens (including phenoxy) is 1. The largest absolute Gasteiger partial charge is 0.496 e. The van der Waals surface area contributed by atoms with E-state index in [-0.39, 0.29) is 11.8 Å². The first kappa shape index (κ1) is 12.8. The number of halogens is 1. The van der Waals surface area contributed by atoms with E-state index in [0.717, 1.165) is 25.2 Å². The van der Waals surface area contributed by atoms with Crippen molar-refractivity contribution < 1.29 is 13.9 Å². The highest BCUT2D eigenvalue weighted by atomic mass is 19.1. The van der Waals surface area contributed by atoms with Gasteiger partial charge in [0.05, 0.1) is 0 Å². The van der Waals surface area contributed by atoms with E-state index in [0.29, 0.717) is 5.92 Å². The van der Waals surface area contributed by atoms with Crippen LogP contribution >= 0.6 is 0 Å². The molecule has 98 valence electrons. The molecule has 0 spiro atoms. The van der Waals surface area contributed by atoms with Crippen LogP contribution in [-0.4, -0.2) is 11.8 Å². The first-order valence-corrected chi connectivity index (χ1v) is 6.85. The van der Waals surface area contributed by atoms with Gasteiger partial charge in [-0.3, -0.25) is 0 Å². The average molecular weight is 242 g/mol. The molecule has 2 aliphatic rings. The lowest BCUT2D eigenvalue weighted by Gasteiger charge is -2.54. The van der Waals surface area contributed by atoms with Gasteiger partial charge in [0, 0.05) is 0 Å². The lowest BCUT2D eigenvalue weighted by Crippen LogP contribution is -2.56. The van der Waals surface area contributed by atoms with Gasteiger partial charge in [-0.05, 0) is 42.9 Å². The number of carbonyl (C=O) groups is 1. The Morgan fingerprint density at radius 1 is 1.35 bits per heavy atom. The minimum atomic E-state index is -1.60. The van der Waals surface area contributed by atoms with E-state index in [1.165, 1.54) is 12.8 Å². The van der Waals surface area contributed by atoms with Crippen LogP contribution in [0.25, 0.3) is 0 Å². The van der Waals surface area contributed by atoms with Crippen LogP contribution in [0, 0.1) is 23.7 Å². The van der Waals surface area contributed by atoms with Crippen LogP contribution in [0.3, 0.4) is 0 Å². The predicted molar refractivity (Wildman–Crippen MR) is 64.4 cm³/mol. The summed E-state index contributed by atoms with van der Waals surface area (Å²) in [7, 11) is 0. The Bertz CT molecular complexity index is 301. The Hall–Kier alpha value is -0.600. The Morgan fingerprint density at radius 3 is 2.65 bits per heavy atom. The second-order valence-electron chi connectivity index (χ2n) is 6.21. The second-order valence-corrected chi connectivity index (χ2v) is 6.21. The normalized spacial score (nSPS) is 41.4. The molecular weight excluding hydrogens is 219 g/mol. The molecule has 0 N–H and O–H groups in total. The van der Waals surface area contributed by atoms with Gasteiger partial charge in [0.2, 0.25) is 0 Å². The quantitative estimate of drug-likeness (QED) is 0.673. The van der Waals surface area contributed by atoms with E-state index in [9.17, 15) is 9.18 Å². The lowest BCUT2D eigenvalue weighted by molar-refractivity contribution is -0.154.